The SMILES string of the molecule is Clc1cncc([C@H](Oc2cccc3ccccc23)[C@H]2CCNC2)c1. The van der Waals surface area contributed by atoms with Crippen molar-refractivity contribution in [3.8, 4) is 5.75 Å². The van der Waals surface area contributed by atoms with Crippen LogP contribution in [0.15, 0.2) is 60.9 Å². The van der Waals surface area contributed by atoms with Gasteiger partial charge in [-0.3, -0.25) is 4.98 Å². The number of benzene rings is 2. The number of hydrogen-bond acceptors (Lipinski definition) is 3. The molecule has 1 N–H and O–H groups in total. The van der Waals surface area contributed by atoms with E-state index in [0.717, 1.165) is 36.2 Å². The van der Waals surface area contributed by atoms with Crippen LogP contribution in [0.1, 0.15) is 18.1 Å². The van der Waals surface area contributed by atoms with E-state index in [1.807, 2.05) is 36.5 Å². The Kier molecular flexibility index (Phi) is 4.37. The predicted octanol–water partition coefficient (Wildman–Crippen LogP) is 4.62. The summed E-state index contributed by atoms with van der Waals surface area (Å²) < 4.78 is 6.51. The molecule has 24 heavy (non-hydrogen) atoms. The fraction of sp³-hybridized carbons (Fsp3) is 0.250. The average molecular weight is 339 g/mol. The topological polar surface area (TPSA) is 34.1 Å². The first-order chi connectivity index (χ1) is 11.8. The summed E-state index contributed by atoms with van der Waals surface area (Å²) in [6.07, 6.45) is 4.55. The summed E-state index contributed by atoms with van der Waals surface area (Å²) in [6.45, 7) is 1.97. The second kappa shape index (κ2) is 6.80. The molecule has 3 nitrogen and oxygen atoms in total. The molecule has 0 aliphatic carbocycles. The molecule has 0 unspecified atom stereocenters. The van der Waals surface area contributed by atoms with Gasteiger partial charge in [-0.2, -0.15) is 0 Å². The molecule has 2 aromatic carbocycles. The van der Waals surface area contributed by atoms with Crippen molar-refractivity contribution >= 4 is 22.4 Å². The molecule has 1 fully saturated rings. The van der Waals surface area contributed by atoms with Crippen LogP contribution >= 0.6 is 11.6 Å². The third-order valence-electron chi connectivity index (χ3n) is 4.58. The van der Waals surface area contributed by atoms with E-state index in [2.05, 4.69) is 28.5 Å². The smallest absolute Gasteiger partial charge is 0.129 e. The van der Waals surface area contributed by atoms with Gasteiger partial charge in [0.25, 0.3) is 0 Å². The Labute approximate surface area is 146 Å². The first kappa shape index (κ1) is 15.4. The molecule has 1 saturated heterocycles. The number of fused-ring (bicyclic) bond motifs is 1. The molecule has 4 heteroatoms. The minimum atomic E-state index is -0.0583. The van der Waals surface area contributed by atoms with Crippen molar-refractivity contribution < 1.29 is 4.74 Å². The van der Waals surface area contributed by atoms with E-state index in [4.69, 9.17) is 16.3 Å². The largest absolute Gasteiger partial charge is 0.485 e. The third kappa shape index (κ3) is 3.10. The molecule has 2 heterocycles. The second-order valence-corrected chi connectivity index (χ2v) is 6.64. The minimum absolute atomic E-state index is 0.0583. The van der Waals surface area contributed by atoms with Crippen molar-refractivity contribution in [2.75, 3.05) is 13.1 Å². The van der Waals surface area contributed by atoms with E-state index in [0.29, 0.717) is 10.9 Å². The van der Waals surface area contributed by atoms with Gasteiger partial charge in [0.05, 0.1) is 5.02 Å². The van der Waals surface area contributed by atoms with Crippen LogP contribution in [0.2, 0.25) is 5.02 Å². The molecular weight excluding hydrogens is 320 g/mol. The van der Waals surface area contributed by atoms with E-state index in [1.54, 1.807) is 6.20 Å². The lowest BCUT2D eigenvalue weighted by Gasteiger charge is -2.25. The van der Waals surface area contributed by atoms with Crippen LogP contribution in [0.3, 0.4) is 0 Å². The molecule has 0 bridgehead atoms. The fourth-order valence-corrected chi connectivity index (χ4v) is 3.57. The van der Waals surface area contributed by atoms with Crippen molar-refractivity contribution in [1.29, 1.82) is 0 Å². The highest BCUT2D eigenvalue weighted by molar-refractivity contribution is 6.30. The van der Waals surface area contributed by atoms with Crippen molar-refractivity contribution in [3.05, 3.63) is 71.5 Å². The summed E-state index contributed by atoms with van der Waals surface area (Å²) in [5.74, 6) is 1.31. The molecule has 0 spiro atoms. The van der Waals surface area contributed by atoms with Gasteiger partial charge >= 0.3 is 0 Å². The highest BCUT2D eigenvalue weighted by Crippen LogP contribution is 2.35. The van der Waals surface area contributed by atoms with Gasteiger partial charge in [-0.15, -0.1) is 0 Å². The molecule has 1 aliphatic heterocycles. The Morgan fingerprint density at radius 3 is 2.83 bits per heavy atom. The van der Waals surface area contributed by atoms with Gasteiger partial charge in [0.2, 0.25) is 0 Å². The van der Waals surface area contributed by atoms with Crippen LogP contribution in [0.4, 0.5) is 0 Å². The third-order valence-corrected chi connectivity index (χ3v) is 4.79. The standard InChI is InChI=1S/C20H19ClN2O/c21-17-10-16(12-23-13-17)20(15-8-9-22-11-15)24-19-7-3-5-14-4-1-2-6-18(14)19/h1-7,10,12-13,15,20,22H,8-9,11H2/t15-,20+/m0/s1. The van der Waals surface area contributed by atoms with Gasteiger partial charge in [-0.1, -0.05) is 48.0 Å². The van der Waals surface area contributed by atoms with Gasteiger partial charge in [0, 0.05) is 35.8 Å². The predicted molar refractivity (Wildman–Crippen MR) is 97.5 cm³/mol. The number of pyridine rings is 1. The summed E-state index contributed by atoms with van der Waals surface area (Å²) in [5, 5.41) is 6.38. The summed E-state index contributed by atoms with van der Waals surface area (Å²) >= 11 is 6.16. The average Bonchev–Trinajstić information content (AvgIpc) is 3.14. The van der Waals surface area contributed by atoms with Gasteiger partial charge < -0.3 is 10.1 Å². The monoisotopic (exact) mass is 338 g/mol. The van der Waals surface area contributed by atoms with Crippen LogP contribution in [-0.2, 0) is 0 Å². The van der Waals surface area contributed by atoms with Crippen LogP contribution < -0.4 is 10.1 Å². The van der Waals surface area contributed by atoms with Gasteiger partial charge in [0.1, 0.15) is 11.9 Å². The first-order valence-corrected chi connectivity index (χ1v) is 8.64. The van der Waals surface area contributed by atoms with Crippen LogP contribution in [-0.4, -0.2) is 18.1 Å². The number of halogens is 1. The summed E-state index contributed by atoms with van der Waals surface area (Å²) in [7, 11) is 0. The molecule has 0 radical (unpaired) electrons. The van der Waals surface area contributed by atoms with Crippen molar-refractivity contribution in [1.82, 2.24) is 10.3 Å². The van der Waals surface area contributed by atoms with Gasteiger partial charge in [0.15, 0.2) is 0 Å². The van der Waals surface area contributed by atoms with E-state index in [-0.39, 0.29) is 6.10 Å². The van der Waals surface area contributed by atoms with Gasteiger partial charge in [-0.05, 0) is 30.5 Å². The molecule has 4 rings (SSSR count). The zero-order valence-corrected chi connectivity index (χ0v) is 14.0. The maximum absolute atomic E-state index is 6.51. The van der Waals surface area contributed by atoms with Crippen LogP contribution in [0, 0.1) is 5.92 Å². The fourth-order valence-electron chi connectivity index (χ4n) is 3.39. The molecule has 1 aliphatic rings. The zero-order valence-electron chi connectivity index (χ0n) is 13.3. The Balaban J connectivity index is 1.73. The maximum atomic E-state index is 6.51. The zero-order chi connectivity index (χ0) is 16.4. The lowest BCUT2D eigenvalue weighted by Crippen LogP contribution is -2.21. The van der Waals surface area contributed by atoms with Crippen LogP contribution in [0.5, 0.6) is 5.75 Å². The molecule has 3 aromatic rings. The van der Waals surface area contributed by atoms with Crippen molar-refractivity contribution in [2.24, 2.45) is 5.92 Å². The summed E-state index contributed by atoms with van der Waals surface area (Å²) in [6, 6.07) is 16.4. The molecular formula is C20H19ClN2O. The number of rotatable bonds is 4. The Morgan fingerprint density at radius 1 is 1.12 bits per heavy atom. The first-order valence-electron chi connectivity index (χ1n) is 8.27. The highest BCUT2D eigenvalue weighted by atomic mass is 35.5. The van der Waals surface area contributed by atoms with Crippen LogP contribution in [0.25, 0.3) is 10.8 Å². The van der Waals surface area contributed by atoms with E-state index >= 15 is 0 Å². The minimum Gasteiger partial charge on any atom is -0.485 e. The molecule has 122 valence electrons. The normalized spacial score (nSPS) is 18.6. The van der Waals surface area contributed by atoms with E-state index in [1.165, 1.54) is 5.39 Å². The highest BCUT2D eigenvalue weighted by Gasteiger charge is 2.29. The number of nitrogens with zero attached hydrogens (tertiary/aromatic N) is 1. The summed E-state index contributed by atoms with van der Waals surface area (Å²) in [5.41, 5.74) is 1.03. The molecule has 0 amide bonds. The Hall–Kier alpha value is -2.10. The second-order valence-electron chi connectivity index (χ2n) is 6.21. The summed E-state index contributed by atoms with van der Waals surface area (Å²) in [4.78, 5) is 4.25. The lowest BCUT2D eigenvalue weighted by molar-refractivity contribution is 0.146. The number of hydrogen-bond donors (Lipinski definition) is 1. The lowest BCUT2D eigenvalue weighted by atomic mass is 9.95. The van der Waals surface area contributed by atoms with Gasteiger partial charge in [-0.25, -0.2) is 0 Å². The maximum Gasteiger partial charge on any atom is 0.129 e. The molecule has 2 atom stereocenters. The molecule has 0 saturated carbocycles. The van der Waals surface area contributed by atoms with E-state index in [9.17, 15) is 0 Å². The Bertz CT molecular complexity index is 840. The quantitative estimate of drug-likeness (QED) is 0.753. The van der Waals surface area contributed by atoms with E-state index < -0.39 is 0 Å². The van der Waals surface area contributed by atoms with Crippen molar-refractivity contribution in [2.45, 2.75) is 12.5 Å². The van der Waals surface area contributed by atoms with Crippen molar-refractivity contribution in [3.63, 3.8) is 0 Å². The number of aromatic nitrogens is 1. The number of ether oxygens (including phenoxy) is 1. The Morgan fingerprint density at radius 2 is 2.00 bits per heavy atom. The molecule has 1 aromatic heterocycles. The number of nitrogens with one attached hydrogen (secondary N) is 1.